The van der Waals surface area contributed by atoms with Gasteiger partial charge in [-0.25, -0.2) is 8.42 Å². The van der Waals surface area contributed by atoms with Gasteiger partial charge in [0, 0.05) is 48.4 Å². The van der Waals surface area contributed by atoms with Crippen molar-refractivity contribution in [2.45, 2.75) is 4.90 Å². The number of nitro benzene ring substituents is 1. The topological polar surface area (TPSA) is 111 Å². The van der Waals surface area contributed by atoms with E-state index in [1.807, 2.05) is 0 Å². The number of hydrogen-bond acceptors (Lipinski definition) is 7. The first-order chi connectivity index (χ1) is 13.7. The van der Waals surface area contributed by atoms with Gasteiger partial charge in [0.15, 0.2) is 5.75 Å². The van der Waals surface area contributed by atoms with E-state index >= 15 is 0 Å². The molecule has 0 aromatic heterocycles. The first kappa shape index (κ1) is 21.6. The van der Waals surface area contributed by atoms with Crippen LogP contribution >= 0.6 is 23.2 Å². The molecular formula is C17H17Cl2N3O6S. The molecule has 1 heterocycles. The lowest BCUT2D eigenvalue weighted by atomic mass is 10.2. The highest BCUT2D eigenvalue weighted by Gasteiger charge is 2.33. The fraction of sp³-hybridized carbons (Fsp3) is 0.294. The van der Waals surface area contributed by atoms with Gasteiger partial charge >= 0.3 is 5.69 Å². The van der Waals surface area contributed by atoms with Crippen molar-refractivity contribution in [1.82, 2.24) is 9.62 Å². The van der Waals surface area contributed by atoms with Crippen LogP contribution in [-0.2, 0) is 10.0 Å². The molecule has 3 rings (SSSR count). The first-order valence-electron chi connectivity index (χ1n) is 8.43. The molecule has 1 fully saturated rings. The summed E-state index contributed by atoms with van der Waals surface area (Å²) in [5, 5.41) is 15.1. The van der Waals surface area contributed by atoms with Gasteiger partial charge in [-0.3, -0.25) is 10.1 Å². The minimum Gasteiger partial charge on any atom is -0.490 e. The third-order valence-corrected chi connectivity index (χ3v) is 6.56. The molecule has 29 heavy (non-hydrogen) atoms. The second kappa shape index (κ2) is 8.72. The predicted octanol–water partition coefficient (Wildman–Crippen LogP) is 3.30. The molecule has 9 nitrogen and oxygen atoms in total. The van der Waals surface area contributed by atoms with Crippen LogP contribution in [0.2, 0.25) is 10.0 Å². The molecule has 0 spiro atoms. The summed E-state index contributed by atoms with van der Waals surface area (Å²) in [5.74, 6) is -0.100. The minimum absolute atomic E-state index is 0.135. The summed E-state index contributed by atoms with van der Waals surface area (Å²) in [4.78, 5) is 10.4. The number of rotatable bonds is 6. The number of methoxy groups -OCH3 is 1. The van der Waals surface area contributed by atoms with Crippen LogP contribution in [0.4, 0.5) is 5.69 Å². The first-order valence-corrected chi connectivity index (χ1v) is 10.6. The number of nitrogens with one attached hydrogen (secondary N) is 1. The van der Waals surface area contributed by atoms with E-state index in [0.29, 0.717) is 13.1 Å². The Morgan fingerprint density at radius 1 is 1.07 bits per heavy atom. The number of hydrogen-bond donors (Lipinski definition) is 1. The van der Waals surface area contributed by atoms with Gasteiger partial charge in [0.25, 0.3) is 0 Å². The molecule has 12 heteroatoms. The van der Waals surface area contributed by atoms with Crippen LogP contribution in [0.1, 0.15) is 0 Å². The van der Waals surface area contributed by atoms with Gasteiger partial charge in [-0.05, 0) is 18.2 Å². The molecular weight excluding hydrogens is 445 g/mol. The fourth-order valence-corrected chi connectivity index (χ4v) is 4.92. The maximum atomic E-state index is 13.2. The van der Waals surface area contributed by atoms with Gasteiger partial charge in [0.05, 0.1) is 12.0 Å². The molecule has 0 unspecified atom stereocenters. The number of nitrogens with zero attached hydrogens (tertiary/aromatic N) is 2. The Balaban J connectivity index is 2.15. The SMILES string of the molecule is COc1cc(Oc2cc(Cl)cc(Cl)c2)c(S(=O)(=O)N2CCNCC2)cc1[N+](=O)[O-]. The van der Waals surface area contributed by atoms with Crippen molar-refractivity contribution < 1.29 is 22.8 Å². The number of halogens is 2. The van der Waals surface area contributed by atoms with Gasteiger partial charge in [0.2, 0.25) is 15.8 Å². The maximum Gasteiger partial charge on any atom is 0.312 e. The summed E-state index contributed by atoms with van der Waals surface area (Å²) < 4.78 is 38.4. The molecule has 0 bridgehead atoms. The number of benzene rings is 2. The van der Waals surface area contributed by atoms with Crippen molar-refractivity contribution in [2.75, 3.05) is 33.3 Å². The van der Waals surface area contributed by atoms with E-state index in [2.05, 4.69) is 5.32 Å². The van der Waals surface area contributed by atoms with E-state index in [9.17, 15) is 18.5 Å². The normalized spacial score (nSPS) is 15.1. The average molecular weight is 462 g/mol. The van der Waals surface area contributed by atoms with Gasteiger partial charge in [-0.1, -0.05) is 23.2 Å². The standard InChI is InChI=1S/C17H17Cl2N3O6S/c1-27-15-10-16(28-13-7-11(18)6-12(19)8-13)17(9-14(15)22(23)24)29(25,26)21-4-2-20-3-5-21/h6-10,20H,2-5H2,1H3. The van der Waals surface area contributed by atoms with Crippen LogP contribution in [0.3, 0.4) is 0 Å². The largest absolute Gasteiger partial charge is 0.490 e. The monoisotopic (exact) mass is 461 g/mol. The van der Waals surface area contributed by atoms with Gasteiger partial charge in [0.1, 0.15) is 10.6 Å². The summed E-state index contributed by atoms with van der Waals surface area (Å²) in [6.07, 6.45) is 0. The van der Waals surface area contributed by atoms with E-state index < -0.39 is 20.6 Å². The molecule has 2 aromatic rings. The molecule has 2 aromatic carbocycles. The Kier molecular flexibility index (Phi) is 6.49. The summed E-state index contributed by atoms with van der Waals surface area (Å²) >= 11 is 12.0. The molecule has 0 saturated carbocycles. The van der Waals surface area contributed by atoms with E-state index in [4.69, 9.17) is 32.7 Å². The molecule has 1 saturated heterocycles. The van der Waals surface area contributed by atoms with Crippen molar-refractivity contribution in [3.05, 3.63) is 50.5 Å². The van der Waals surface area contributed by atoms with E-state index in [1.54, 1.807) is 0 Å². The number of ether oxygens (including phenoxy) is 2. The lowest BCUT2D eigenvalue weighted by Crippen LogP contribution is -2.46. The van der Waals surface area contributed by atoms with Crippen molar-refractivity contribution in [3.8, 4) is 17.2 Å². The van der Waals surface area contributed by atoms with Crippen molar-refractivity contribution in [2.24, 2.45) is 0 Å². The third kappa shape index (κ3) is 4.73. The van der Waals surface area contributed by atoms with E-state index in [0.717, 1.165) is 6.07 Å². The molecule has 0 atom stereocenters. The van der Waals surface area contributed by atoms with Gasteiger partial charge in [-0.15, -0.1) is 0 Å². The summed E-state index contributed by atoms with van der Waals surface area (Å²) in [7, 11) is -2.83. The Morgan fingerprint density at radius 2 is 1.69 bits per heavy atom. The van der Waals surface area contributed by atoms with Gasteiger partial charge < -0.3 is 14.8 Å². The summed E-state index contributed by atoms with van der Waals surface area (Å²) in [6, 6.07) is 6.50. The number of nitro groups is 1. The smallest absolute Gasteiger partial charge is 0.312 e. The second-order valence-electron chi connectivity index (χ2n) is 6.09. The highest BCUT2D eigenvalue weighted by molar-refractivity contribution is 7.89. The van der Waals surface area contributed by atoms with Crippen molar-refractivity contribution >= 4 is 38.9 Å². The van der Waals surface area contributed by atoms with Crippen LogP contribution < -0.4 is 14.8 Å². The number of sulfonamides is 1. The average Bonchev–Trinajstić information content (AvgIpc) is 2.67. The minimum atomic E-state index is -4.07. The Morgan fingerprint density at radius 3 is 2.24 bits per heavy atom. The van der Waals surface area contributed by atoms with E-state index in [1.165, 1.54) is 35.7 Å². The summed E-state index contributed by atoms with van der Waals surface area (Å²) in [6.45, 7) is 1.39. The quantitative estimate of drug-likeness (QED) is 0.518. The van der Waals surface area contributed by atoms with Gasteiger partial charge in [-0.2, -0.15) is 4.31 Å². The van der Waals surface area contributed by atoms with Crippen molar-refractivity contribution in [3.63, 3.8) is 0 Å². The second-order valence-corrected chi connectivity index (χ2v) is 8.87. The maximum absolute atomic E-state index is 13.2. The summed E-state index contributed by atoms with van der Waals surface area (Å²) in [5.41, 5.74) is -0.488. The zero-order valence-electron chi connectivity index (χ0n) is 15.2. The molecule has 0 amide bonds. The highest BCUT2D eigenvalue weighted by Crippen LogP contribution is 2.40. The Labute approximate surface area is 177 Å². The molecule has 1 N–H and O–H groups in total. The highest BCUT2D eigenvalue weighted by atomic mass is 35.5. The van der Waals surface area contributed by atoms with Crippen LogP contribution in [-0.4, -0.2) is 50.9 Å². The Hall–Kier alpha value is -2.11. The number of piperazine rings is 1. The third-order valence-electron chi connectivity index (χ3n) is 4.20. The zero-order chi connectivity index (χ0) is 21.2. The zero-order valence-corrected chi connectivity index (χ0v) is 17.6. The Bertz CT molecular complexity index is 1020. The van der Waals surface area contributed by atoms with Crippen LogP contribution in [0.5, 0.6) is 17.2 Å². The molecule has 1 aliphatic rings. The molecule has 0 aliphatic carbocycles. The molecule has 0 radical (unpaired) electrons. The van der Waals surface area contributed by atoms with E-state index in [-0.39, 0.29) is 45.3 Å². The van der Waals surface area contributed by atoms with Crippen molar-refractivity contribution in [1.29, 1.82) is 0 Å². The fourth-order valence-electron chi connectivity index (χ4n) is 2.86. The van der Waals surface area contributed by atoms with Crippen LogP contribution in [0.25, 0.3) is 0 Å². The van der Waals surface area contributed by atoms with Crippen LogP contribution in [0, 0.1) is 10.1 Å². The lowest BCUT2D eigenvalue weighted by molar-refractivity contribution is -0.386. The lowest BCUT2D eigenvalue weighted by Gasteiger charge is -2.27. The van der Waals surface area contributed by atoms with Crippen LogP contribution in [0.15, 0.2) is 35.2 Å². The predicted molar refractivity (Wildman–Crippen MR) is 108 cm³/mol. The molecule has 1 aliphatic heterocycles. The molecule has 156 valence electrons.